The van der Waals surface area contributed by atoms with Crippen molar-refractivity contribution >= 4 is 11.6 Å². The molecule has 0 radical (unpaired) electrons. The first-order valence-electron chi connectivity index (χ1n) is 10.3. The number of nitrogens with zero attached hydrogens (tertiary/aromatic N) is 3. The van der Waals surface area contributed by atoms with Gasteiger partial charge in [-0.2, -0.15) is 0 Å². The van der Waals surface area contributed by atoms with Gasteiger partial charge in [-0.1, -0.05) is 0 Å². The first kappa shape index (κ1) is 22.2. The van der Waals surface area contributed by atoms with Crippen molar-refractivity contribution in [3.8, 4) is 6.07 Å². The fourth-order valence-corrected chi connectivity index (χ4v) is 3.57. The van der Waals surface area contributed by atoms with Crippen LogP contribution in [0, 0.1) is 24.3 Å². The minimum atomic E-state index is -0.464. The van der Waals surface area contributed by atoms with E-state index in [0.29, 0.717) is 22.7 Å². The van der Waals surface area contributed by atoms with E-state index in [1.807, 2.05) is 19.0 Å². The summed E-state index contributed by atoms with van der Waals surface area (Å²) in [5.41, 5.74) is 2.65. The van der Waals surface area contributed by atoms with Crippen LogP contribution in [0.15, 0.2) is 53.5 Å². The van der Waals surface area contributed by atoms with Crippen LogP contribution in [0.3, 0.4) is 0 Å². The Kier molecular flexibility index (Phi) is 6.88. The van der Waals surface area contributed by atoms with E-state index in [9.17, 15) is 15.1 Å². The molecule has 31 heavy (non-hydrogen) atoms. The number of amides is 1. The molecule has 4 N–H and O–H groups in total. The lowest BCUT2D eigenvalue weighted by Gasteiger charge is -2.23. The SMILES string of the molecule is Cc1cccc(C(=O)NC2=C/C(=C/[N+]#CC3CCC(O)CC3)C(=N)C=C2N(C)C)[n+]1O. The second-order valence-electron chi connectivity index (χ2n) is 8.06. The van der Waals surface area contributed by atoms with Gasteiger partial charge in [-0.05, 0) is 48.7 Å². The summed E-state index contributed by atoms with van der Waals surface area (Å²) >= 11 is 0. The smallest absolute Gasteiger partial charge is 0.325 e. The van der Waals surface area contributed by atoms with Gasteiger partial charge in [-0.15, -0.1) is 0 Å². The number of hydrogen-bond donors (Lipinski definition) is 4. The molecule has 8 nitrogen and oxygen atoms in total. The maximum Gasteiger partial charge on any atom is 0.325 e. The van der Waals surface area contributed by atoms with Gasteiger partial charge in [0.05, 0.1) is 34.7 Å². The molecule has 2 aliphatic rings. The monoisotopic (exact) mass is 423 g/mol. The average molecular weight is 424 g/mol. The predicted octanol–water partition coefficient (Wildman–Crippen LogP) is 2.38. The maximum absolute atomic E-state index is 12.8. The van der Waals surface area contributed by atoms with Gasteiger partial charge in [0, 0.05) is 37.9 Å². The van der Waals surface area contributed by atoms with E-state index >= 15 is 0 Å². The summed E-state index contributed by atoms with van der Waals surface area (Å²) in [4.78, 5) is 18.9. The lowest BCUT2D eigenvalue weighted by Crippen LogP contribution is -2.44. The minimum Gasteiger partial charge on any atom is -0.393 e. The summed E-state index contributed by atoms with van der Waals surface area (Å²) in [6.07, 6.45) is 7.93. The van der Waals surface area contributed by atoms with Gasteiger partial charge in [-0.25, -0.2) is 0 Å². The van der Waals surface area contributed by atoms with Gasteiger partial charge >= 0.3 is 17.8 Å². The van der Waals surface area contributed by atoms with Crippen molar-refractivity contribution in [3.05, 3.63) is 69.8 Å². The number of rotatable bonds is 3. The molecule has 162 valence electrons. The quantitative estimate of drug-likeness (QED) is 0.443. The number of aliphatic hydroxyl groups is 1. The Balaban J connectivity index is 1.84. The van der Waals surface area contributed by atoms with E-state index in [0.717, 1.165) is 30.4 Å². The molecular formula is C23H29N5O3+2. The van der Waals surface area contributed by atoms with Crippen molar-refractivity contribution in [1.82, 2.24) is 10.2 Å². The molecular weight excluding hydrogens is 394 g/mol. The number of carbonyl (C=O) groups is 1. The van der Waals surface area contributed by atoms with E-state index < -0.39 is 5.91 Å². The number of aromatic nitrogens is 1. The molecule has 0 aromatic carbocycles. The summed E-state index contributed by atoms with van der Waals surface area (Å²) in [5, 5.41) is 30.9. The second kappa shape index (κ2) is 9.58. The molecule has 0 saturated heterocycles. The van der Waals surface area contributed by atoms with Crippen molar-refractivity contribution in [3.63, 3.8) is 0 Å². The van der Waals surface area contributed by atoms with E-state index in [2.05, 4.69) is 16.2 Å². The molecule has 0 bridgehead atoms. The van der Waals surface area contributed by atoms with E-state index in [-0.39, 0.29) is 23.4 Å². The number of allylic oxidation sites excluding steroid dienone is 3. The Morgan fingerprint density at radius 2 is 2.00 bits per heavy atom. The Morgan fingerprint density at radius 3 is 2.68 bits per heavy atom. The number of aryl methyl sites for hydroxylation is 1. The molecule has 1 heterocycles. The van der Waals surface area contributed by atoms with Crippen molar-refractivity contribution in [2.75, 3.05) is 14.1 Å². The highest BCUT2D eigenvalue weighted by molar-refractivity contribution is 6.11. The zero-order valence-electron chi connectivity index (χ0n) is 18.1. The van der Waals surface area contributed by atoms with Crippen LogP contribution < -0.4 is 10.0 Å². The third-order valence-electron chi connectivity index (χ3n) is 5.44. The number of carbonyl (C=O) groups excluding carboxylic acids is 1. The van der Waals surface area contributed by atoms with Crippen molar-refractivity contribution in [2.24, 2.45) is 5.92 Å². The second-order valence-corrected chi connectivity index (χ2v) is 8.06. The maximum atomic E-state index is 12.8. The fourth-order valence-electron chi connectivity index (χ4n) is 3.57. The normalized spacial score (nSPS) is 22.2. The van der Waals surface area contributed by atoms with Crippen LogP contribution >= 0.6 is 0 Å². The van der Waals surface area contributed by atoms with Crippen LogP contribution in [-0.2, 0) is 0 Å². The molecule has 0 spiro atoms. The molecule has 0 atom stereocenters. The molecule has 1 aromatic heterocycles. The average Bonchev–Trinajstić information content (AvgIpc) is 2.73. The first-order valence-corrected chi connectivity index (χ1v) is 10.3. The third kappa shape index (κ3) is 5.38. The molecule has 0 unspecified atom stereocenters. The summed E-state index contributed by atoms with van der Waals surface area (Å²) < 4.78 is 0.844. The van der Waals surface area contributed by atoms with Gasteiger partial charge in [0.15, 0.2) is 0 Å². The number of aliphatic hydroxyl groups excluding tert-OH is 1. The van der Waals surface area contributed by atoms with Gasteiger partial charge in [0.2, 0.25) is 5.69 Å². The minimum absolute atomic E-state index is 0.107. The zero-order valence-corrected chi connectivity index (χ0v) is 18.1. The number of hydrogen-bond acceptors (Lipinski definition) is 5. The predicted molar refractivity (Wildman–Crippen MR) is 117 cm³/mol. The molecule has 8 heteroatoms. The van der Waals surface area contributed by atoms with Crippen LogP contribution in [0.5, 0.6) is 0 Å². The molecule has 1 fully saturated rings. The van der Waals surface area contributed by atoms with Gasteiger partial charge in [0.25, 0.3) is 6.07 Å². The van der Waals surface area contributed by atoms with Crippen molar-refractivity contribution in [1.29, 1.82) is 5.41 Å². The Bertz CT molecular complexity index is 1040. The van der Waals surface area contributed by atoms with E-state index in [1.54, 1.807) is 37.4 Å². The van der Waals surface area contributed by atoms with Gasteiger partial charge in [-0.3, -0.25) is 15.4 Å². The summed E-state index contributed by atoms with van der Waals surface area (Å²) in [6, 6.07) is 8.03. The molecule has 3 rings (SSSR count). The highest BCUT2D eigenvalue weighted by Gasteiger charge is 2.26. The topological polar surface area (TPSA) is 105 Å². The lowest BCUT2D eigenvalue weighted by molar-refractivity contribution is -0.909. The zero-order chi connectivity index (χ0) is 22.5. The van der Waals surface area contributed by atoms with Crippen LogP contribution in [0.4, 0.5) is 0 Å². The summed E-state index contributed by atoms with van der Waals surface area (Å²) in [5.74, 6) is -0.260. The summed E-state index contributed by atoms with van der Waals surface area (Å²) in [7, 11) is 3.66. The largest absolute Gasteiger partial charge is 0.393 e. The molecule has 1 amide bonds. The third-order valence-corrected chi connectivity index (χ3v) is 5.44. The first-order chi connectivity index (χ1) is 14.8. The van der Waals surface area contributed by atoms with Crippen molar-refractivity contribution in [2.45, 2.75) is 38.7 Å². The highest BCUT2D eigenvalue weighted by Crippen LogP contribution is 2.24. The molecule has 1 saturated carbocycles. The fraction of sp³-hybridized carbons (Fsp3) is 0.391. The Labute approximate surface area is 182 Å². The van der Waals surface area contributed by atoms with E-state index in [1.165, 1.54) is 6.07 Å². The van der Waals surface area contributed by atoms with Crippen LogP contribution in [-0.4, -0.2) is 47.0 Å². The standard InChI is InChI=1S/C23H28N5O3/c1-15-5-4-6-21(28(15)31)23(30)26-20-11-17(19(24)12-22(20)27(2)3)14-25-13-16-7-9-18(29)10-8-16/h4-6,11-12,14,16,18,24,29H,7-10H2,1-3H3,(H-,26,30,31)/q+1/p+1/b17-14-,24-19?. The Morgan fingerprint density at radius 1 is 1.29 bits per heavy atom. The summed E-state index contributed by atoms with van der Waals surface area (Å²) in [6.45, 7) is 1.70. The molecule has 1 aromatic rings. The molecule has 2 aliphatic carbocycles. The van der Waals surface area contributed by atoms with Gasteiger partial charge in [0.1, 0.15) is 0 Å². The van der Waals surface area contributed by atoms with Crippen LogP contribution in [0.1, 0.15) is 41.9 Å². The lowest BCUT2D eigenvalue weighted by atomic mass is 9.89. The number of nitrogens with one attached hydrogen (secondary N) is 2. The Hall–Kier alpha value is -3.44. The van der Waals surface area contributed by atoms with Crippen LogP contribution in [0.25, 0.3) is 4.85 Å². The molecule has 0 aliphatic heterocycles. The van der Waals surface area contributed by atoms with Crippen LogP contribution in [0.2, 0.25) is 0 Å². The number of pyridine rings is 1. The number of likely N-dealkylation sites (N-methyl/N-ethyl adjacent to an activating group) is 1. The highest BCUT2D eigenvalue weighted by atomic mass is 16.5. The van der Waals surface area contributed by atoms with Gasteiger partial charge < -0.3 is 15.3 Å². The van der Waals surface area contributed by atoms with Crippen molar-refractivity contribution < 1.29 is 19.8 Å². The van der Waals surface area contributed by atoms with E-state index in [4.69, 9.17) is 5.41 Å².